The Morgan fingerprint density at radius 3 is 2.95 bits per heavy atom. The summed E-state index contributed by atoms with van der Waals surface area (Å²) < 4.78 is 6.95. The predicted molar refractivity (Wildman–Crippen MR) is 78.3 cm³/mol. The standard InChI is InChI=1S/C15H14N4O2/c1-10(12-6-5-9-21-12)17-18-15(20)14-11(2)16-13-7-3-4-8-19(13)14/h3-9H,1-2H3,(H,18,20)/b17-10-. The first-order chi connectivity index (χ1) is 10.2. The molecule has 106 valence electrons. The van der Waals surface area contributed by atoms with E-state index in [0.29, 0.717) is 22.9 Å². The number of hydrogen-bond donors (Lipinski definition) is 1. The number of aromatic nitrogens is 2. The van der Waals surface area contributed by atoms with E-state index in [9.17, 15) is 4.79 Å². The molecule has 3 heterocycles. The molecule has 0 aromatic carbocycles. The third-order valence-corrected chi connectivity index (χ3v) is 3.12. The van der Waals surface area contributed by atoms with Gasteiger partial charge in [-0.15, -0.1) is 0 Å². The Labute approximate surface area is 121 Å². The fourth-order valence-electron chi connectivity index (χ4n) is 2.11. The minimum absolute atomic E-state index is 0.308. The van der Waals surface area contributed by atoms with Gasteiger partial charge in [-0.25, -0.2) is 10.4 Å². The highest BCUT2D eigenvalue weighted by Gasteiger charge is 2.15. The number of amides is 1. The normalized spacial score (nSPS) is 11.8. The molecule has 0 spiro atoms. The van der Waals surface area contributed by atoms with Gasteiger partial charge in [-0.2, -0.15) is 5.10 Å². The van der Waals surface area contributed by atoms with E-state index in [0.717, 1.165) is 5.65 Å². The molecule has 0 saturated carbocycles. The summed E-state index contributed by atoms with van der Waals surface area (Å²) in [5.74, 6) is 0.308. The quantitative estimate of drug-likeness (QED) is 0.592. The Morgan fingerprint density at radius 1 is 1.33 bits per heavy atom. The molecule has 1 amide bonds. The Balaban J connectivity index is 1.88. The number of rotatable bonds is 3. The molecule has 0 fully saturated rings. The van der Waals surface area contributed by atoms with Crippen molar-refractivity contribution in [2.24, 2.45) is 5.10 Å². The lowest BCUT2D eigenvalue weighted by molar-refractivity contribution is 0.0948. The van der Waals surface area contributed by atoms with E-state index in [1.807, 2.05) is 18.2 Å². The minimum atomic E-state index is -0.308. The topological polar surface area (TPSA) is 71.9 Å². The predicted octanol–water partition coefficient (Wildman–Crippen LogP) is 2.39. The summed E-state index contributed by atoms with van der Waals surface area (Å²) in [5, 5.41) is 4.05. The summed E-state index contributed by atoms with van der Waals surface area (Å²) in [6.45, 7) is 3.56. The van der Waals surface area contributed by atoms with Gasteiger partial charge in [-0.3, -0.25) is 9.20 Å². The smallest absolute Gasteiger partial charge is 0.290 e. The number of fused-ring (bicyclic) bond motifs is 1. The van der Waals surface area contributed by atoms with Crippen LogP contribution in [0.2, 0.25) is 0 Å². The number of nitrogens with one attached hydrogen (secondary N) is 1. The number of furan rings is 1. The van der Waals surface area contributed by atoms with Gasteiger partial charge in [0.2, 0.25) is 0 Å². The second kappa shape index (κ2) is 5.24. The number of imidazole rings is 1. The van der Waals surface area contributed by atoms with Crippen LogP contribution < -0.4 is 5.43 Å². The lowest BCUT2D eigenvalue weighted by atomic mass is 10.3. The van der Waals surface area contributed by atoms with Gasteiger partial charge in [0.05, 0.1) is 12.0 Å². The Morgan fingerprint density at radius 2 is 2.19 bits per heavy atom. The number of hydrogen-bond acceptors (Lipinski definition) is 4. The number of carbonyl (C=O) groups excluding carboxylic acids is 1. The molecular weight excluding hydrogens is 268 g/mol. The molecule has 6 nitrogen and oxygen atoms in total. The zero-order valence-corrected chi connectivity index (χ0v) is 11.7. The first-order valence-corrected chi connectivity index (χ1v) is 6.49. The molecule has 0 saturated heterocycles. The summed E-state index contributed by atoms with van der Waals surface area (Å²) in [7, 11) is 0. The van der Waals surface area contributed by atoms with E-state index in [-0.39, 0.29) is 5.91 Å². The van der Waals surface area contributed by atoms with Gasteiger partial charge in [0.15, 0.2) is 0 Å². The molecule has 0 unspecified atom stereocenters. The number of pyridine rings is 1. The second-order valence-corrected chi connectivity index (χ2v) is 4.59. The highest BCUT2D eigenvalue weighted by molar-refractivity contribution is 5.99. The van der Waals surface area contributed by atoms with Crippen molar-refractivity contribution in [3.8, 4) is 0 Å². The third-order valence-electron chi connectivity index (χ3n) is 3.12. The second-order valence-electron chi connectivity index (χ2n) is 4.59. The van der Waals surface area contributed by atoms with E-state index in [2.05, 4.69) is 15.5 Å². The molecule has 3 aromatic heterocycles. The Bertz CT molecular complexity index is 815. The van der Waals surface area contributed by atoms with Crippen LogP contribution in [0.5, 0.6) is 0 Å². The van der Waals surface area contributed by atoms with Crippen molar-refractivity contribution in [1.82, 2.24) is 14.8 Å². The highest BCUT2D eigenvalue weighted by atomic mass is 16.3. The van der Waals surface area contributed by atoms with Crippen molar-refractivity contribution in [2.45, 2.75) is 13.8 Å². The van der Waals surface area contributed by atoms with Gasteiger partial charge in [-0.05, 0) is 38.1 Å². The summed E-state index contributed by atoms with van der Waals surface area (Å²) >= 11 is 0. The van der Waals surface area contributed by atoms with Crippen LogP contribution in [0.3, 0.4) is 0 Å². The maximum Gasteiger partial charge on any atom is 0.290 e. The molecule has 0 bridgehead atoms. The minimum Gasteiger partial charge on any atom is -0.463 e. The average molecular weight is 282 g/mol. The lowest BCUT2D eigenvalue weighted by Crippen LogP contribution is -2.21. The zero-order valence-electron chi connectivity index (χ0n) is 11.7. The van der Waals surface area contributed by atoms with E-state index in [1.54, 1.807) is 42.8 Å². The largest absolute Gasteiger partial charge is 0.463 e. The van der Waals surface area contributed by atoms with Crippen LogP contribution in [-0.4, -0.2) is 21.0 Å². The van der Waals surface area contributed by atoms with Crippen molar-refractivity contribution < 1.29 is 9.21 Å². The van der Waals surface area contributed by atoms with Crippen LogP contribution in [0, 0.1) is 6.92 Å². The third kappa shape index (κ3) is 2.43. The fraction of sp³-hybridized carbons (Fsp3) is 0.133. The van der Waals surface area contributed by atoms with Crippen LogP contribution >= 0.6 is 0 Å². The maximum absolute atomic E-state index is 12.3. The van der Waals surface area contributed by atoms with Crippen LogP contribution in [0.1, 0.15) is 28.9 Å². The molecule has 0 aliphatic carbocycles. The van der Waals surface area contributed by atoms with E-state index < -0.39 is 0 Å². The molecule has 21 heavy (non-hydrogen) atoms. The molecule has 6 heteroatoms. The van der Waals surface area contributed by atoms with E-state index >= 15 is 0 Å². The number of aryl methyl sites for hydroxylation is 1. The van der Waals surface area contributed by atoms with Gasteiger partial charge in [0.25, 0.3) is 5.91 Å². The summed E-state index contributed by atoms with van der Waals surface area (Å²) in [6, 6.07) is 9.13. The van der Waals surface area contributed by atoms with Crippen molar-refractivity contribution >= 4 is 17.3 Å². The first kappa shape index (κ1) is 13.1. The van der Waals surface area contributed by atoms with Gasteiger partial charge >= 0.3 is 0 Å². The van der Waals surface area contributed by atoms with Gasteiger partial charge < -0.3 is 4.42 Å². The summed E-state index contributed by atoms with van der Waals surface area (Å²) in [6.07, 6.45) is 3.36. The molecule has 0 aliphatic heterocycles. The van der Waals surface area contributed by atoms with Crippen molar-refractivity contribution in [3.63, 3.8) is 0 Å². The van der Waals surface area contributed by atoms with E-state index in [4.69, 9.17) is 4.42 Å². The monoisotopic (exact) mass is 282 g/mol. The molecule has 3 aromatic rings. The van der Waals surface area contributed by atoms with Gasteiger partial charge in [-0.1, -0.05) is 6.07 Å². The molecule has 0 atom stereocenters. The van der Waals surface area contributed by atoms with Crippen LogP contribution in [0.4, 0.5) is 0 Å². The molecule has 0 aliphatic rings. The summed E-state index contributed by atoms with van der Waals surface area (Å²) in [5.41, 5.74) is 4.99. The van der Waals surface area contributed by atoms with Gasteiger partial charge in [0.1, 0.15) is 22.8 Å². The van der Waals surface area contributed by atoms with Crippen LogP contribution in [0.15, 0.2) is 52.3 Å². The molecule has 0 radical (unpaired) electrons. The number of carbonyl (C=O) groups is 1. The zero-order chi connectivity index (χ0) is 14.8. The average Bonchev–Trinajstić information content (AvgIpc) is 3.10. The lowest BCUT2D eigenvalue weighted by Gasteiger charge is -2.02. The maximum atomic E-state index is 12.3. The fourth-order valence-corrected chi connectivity index (χ4v) is 2.11. The van der Waals surface area contributed by atoms with Crippen molar-refractivity contribution in [2.75, 3.05) is 0 Å². The van der Waals surface area contributed by atoms with Gasteiger partial charge in [0, 0.05) is 6.20 Å². The summed E-state index contributed by atoms with van der Waals surface area (Å²) in [4.78, 5) is 16.7. The van der Waals surface area contributed by atoms with Crippen molar-refractivity contribution in [3.05, 3.63) is 59.9 Å². The van der Waals surface area contributed by atoms with Crippen LogP contribution in [-0.2, 0) is 0 Å². The Hall–Kier alpha value is -2.89. The highest BCUT2D eigenvalue weighted by Crippen LogP contribution is 2.11. The van der Waals surface area contributed by atoms with Crippen LogP contribution in [0.25, 0.3) is 5.65 Å². The van der Waals surface area contributed by atoms with E-state index in [1.165, 1.54) is 0 Å². The Kier molecular flexibility index (Phi) is 3.27. The number of nitrogens with zero attached hydrogens (tertiary/aromatic N) is 3. The molecule has 3 rings (SSSR count). The first-order valence-electron chi connectivity index (χ1n) is 6.49. The number of hydrazone groups is 1. The van der Waals surface area contributed by atoms with Crippen molar-refractivity contribution in [1.29, 1.82) is 0 Å². The molecule has 1 N–H and O–H groups in total. The SMILES string of the molecule is C/C(=N/NC(=O)c1c(C)nc2ccccn12)c1ccco1. The molecular formula is C15H14N4O2.